The molecule has 0 aromatic carbocycles. The average molecular weight is 399 g/mol. The molecule has 1 aliphatic carbocycles. The quantitative estimate of drug-likeness (QED) is 0.544. The summed E-state index contributed by atoms with van der Waals surface area (Å²) in [5.74, 6) is 0.756. The van der Waals surface area contributed by atoms with Crippen LogP contribution in [-0.2, 0) is 14.4 Å². The van der Waals surface area contributed by atoms with Gasteiger partial charge in [0.15, 0.2) is 5.12 Å². The molecule has 156 valence electrons. The van der Waals surface area contributed by atoms with Crippen LogP contribution in [0.15, 0.2) is 0 Å². The highest BCUT2D eigenvalue weighted by Gasteiger charge is 2.28. The normalized spacial score (nSPS) is 16.4. The Labute approximate surface area is 169 Å². The van der Waals surface area contributed by atoms with E-state index in [9.17, 15) is 14.4 Å². The third kappa shape index (κ3) is 9.63. The maximum absolute atomic E-state index is 12.7. The number of nitrogens with one attached hydrogen (secondary N) is 2. The van der Waals surface area contributed by atoms with Gasteiger partial charge in [-0.15, -0.1) is 0 Å². The van der Waals surface area contributed by atoms with Crippen LogP contribution < -0.4 is 10.6 Å². The molecule has 1 saturated carbocycles. The predicted molar refractivity (Wildman–Crippen MR) is 113 cm³/mol. The maximum atomic E-state index is 12.7. The van der Waals surface area contributed by atoms with Crippen LogP contribution in [0.2, 0.25) is 0 Å². The zero-order valence-electron chi connectivity index (χ0n) is 17.7. The van der Waals surface area contributed by atoms with Gasteiger partial charge in [0.1, 0.15) is 6.04 Å². The molecule has 0 radical (unpaired) electrons. The van der Waals surface area contributed by atoms with E-state index in [2.05, 4.69) is 10.6 Å². The Bertz CT molecular complexity index is 494. The number of hydrogen-bond donors (Lipinski definition) is 2. The Balaban J connectivity index is 2.44. The van der Waals surface area contributed by atoms with Crippen molar-refractivity contribution in [2.45, 2.75) is 98.1 Å². The zero-order chi connectivity index (χ0) is 20.4. The first-order valence-corrected chi connectivity index (χ1v) is 11.4. The Morgan fingerprint density at radius 3 is 2.22 bits per heavy atom. The molecular weight excluding hydrogens is 360 g/mol. The molecule has 0 heterocycles. The van der Waals surface area contributed by atoms with Crippen molar-refractivity contribution < 1.29 is 14.4 Å². The molecule has 0 aromatic rings. The van der Waals surface area contributed by atoms with Gasteiger partial charge in [-0.05, 0) is 25.7 Å². The molecule has 27 heavy (non-hydrogen) atoms. The van der Waals surface area contributed by atoms with Gasteiger partial charge in [0.25, 0.3) is 0 Å². The zero-order valence-corrected chi connectivity index (χ0v) is 18.5. The third-order valence-corrected chi connectivity index (χ3v) is 6.11. The lowest BCUT2D eigenvalue weighted by atomic mass is 9.94. The fourth-order valence-corrected chi connectivity index (χ4v) is 3.87. The molecule has 1 atom stereocenters. The van der Waals surface area contributed by atoms with Crippen molar-refractivity contribution in [3.8, 4) is 0 Å². The Morgan fingerprint density at radius 2 is 1.67 bits per heavy atom. The molecule has 1 aliphatic rings. The molecule has 0 saturated heterocycles. The first-order chi connectivity index (χ1) is 12.6. The van der Waals surface area contributed by atoms with Crippen LogP contribution in [0.5, 0.6) is 0 Å². The minimum atomic E-state index is -0.514. The monoisotopic (exact) mass is 398 g/mol. The molecule has 2 amide bonds. The Hall–Kier alpha value is -1.04. The maximum Gasteiger partial charge on any atom is 0.242 e. The predicted octanol–water partition coefficient (Wildman–Crippen LogP) is 4.05. The van der Waals surface area contributed by atoms with Gasteiger partial charge in [-0.25, -0.2) is 0 Å². The van der Waals surface area contributed by atoms with Crippen molar-refractivity contribution in [2.24, 2.45) is 11.3 Å². The van der Waals surface area contributed by atoms with Crippen LogP contribution in [0, 0.1) is 11.3 Å². The van der Waals surface area contributed by atoms with Crippen LogP contribution >= 0.6 is 11.8 Å². The van der Waals surface area contributed by atoms with Gasteiger partial charge >= 0.3 is 0 Å². The van der Waals surface area contributed by atoms with Crippen molar-refractivity contribution in [3.63, 3.8) is 0 Å². The molecule has 6 heteroatoms. The van der Waals surface area contributed by atoms with E-state index in [0.29, 0.717) is 6.42 Å². The fourth-order valence-electron chi connectivity index (χ4n) is 2.98. The van der Waals surface area contributed by atoms with Gasteiger partial charge < -0.3 is 10.6 Å². The first kappa shape index (κ1) is 24.0. The van der Waals surface area contributed by atoms with Crippen LogP contribution in [0.1, 0.15) is 86.0 Å². The molecule has 0 aliphatic heterocycles. The van der Waals surface area contributed by atoms with E-state index in [-0.39, 0.29) is 28.9 Å². The number of carbonyl (C=O) groups excluding carboxylic acids is 3. The summed E-state index contributed by atoms with van der Waals surface area (Å²) in [5, 5.41) is 6.29. The van der Waals surface area contributed by atoms with Gasteiger partial charge in [-0.1, -0.05) is 72.1 Å². The summed E-state index contributed by atoms with van der Waals surface area (Å²) in [4.78, 5) is 36.6. The summed E-state index contributed by atoms with van der Waals surface area (Å²) in [6.45, 7) is 9.41. The number of thioether (sulfide) groups is 1. The summed E-state index contributed by atoms with van der Waals surface area (Å²) in [7, 11) is 0. The third-order valence-electron chi connectivity index (χ3n) is 4.86. The number of rotatable bonds is 10. The van der Waals surface area contributed by atoms with E-state index in [1.54, 1.807) is 0 Å². The van der Waals surface area contributed by atoms with E-state index in [1.807, 2.05) is 34.6 Å². The van der Waals surface area contributed by atoms with Gasteiger partial charge in [0, 0.05) is 23.1 Å². The first-order valence-electron chi connectivity index (χ1n) is 10.4. The van der Waals surface area contributed by atoms with Gasteiger partial charge in [-0.3, -0.25) is 14.4 Å². The van der Waals surface area contributed by atoms with E-state index >= 15 is 0 Å². The van der Waals surface area contributed by atoms with Crippen LogP contribution in [0.4, 0.5) is 0 Å². The van der Waals surface area contributed by atoms with E-state index in [1.165, 1.54) is 11.8 Å². The van der Waals surface area contributed by atoms with Crippen LogP contribution in [0.25, 0.3) is 0 Å². The van der Waals surface area contributed by atoms with Crippen molar-refractivity contribution in [2.75, 3.05) is 5.75 Å². The topological polar surface area (TPSA) is 75.3 Å². The average Bonchev–Trinajstić information content (AvgIpc) is 3.08. The molecular formula is C21H38N2O3S. The van der Waals surface area contributed by atoms with Gasteiger partial charge in [0.05, 0.1) is 0 Å². The largest absolute Gasteiger partial charge is 0.352 e. The number of carbonyl (C=O) groups is 3. The van der Waals surface area contributed by atoms with E-state index < -0.39 is 11.5 Å². The minimum Gasteiger partial charge on any atom is -0.352 e. The molecule has 5 nitrogen and oxygen atoms in total. The molecule has 1 rings (SSSR count). The molecule has 1 fully saturated rings. The second-order valence-electron chi connectivity index (χ2n) is 8.94. The summed E-state index contributed by atoms with van der Waals surface area (Å²) in [5.41, 5.74) is -0.514. The highest BCUT2D eigenvalue weighted by Crippen LogP contribution is 2.19. The lowest BCUT2D eigenvalue weighted by Crippen LogP contribution is -2.51. The van der Waals surface area contributed by atoms with Gasteiger partial charge in [0.2, 0.25) is 11.8 Å². The summed E-state index contributed by atoms with van der Waals surface area (Å²) >= 11 is 1.40. The Morgan fingerprint density at radius 1 is 1.04 bits per heavy atom. The molecule has 0 bridgehead atoms. The Kier molecular flexibility index (Phi) is 10.4. The second-order valence-corrected chi connectivity index (χ2v) is 10.0. The van der Waals surface area contributed by atoms with Crippen LogP contribution in [0.3, 0.4) is 0 Å². The number of hydrogen-bond acceptors (Lipinski definition) is 4. The lowest BCUT2D eigenvalue weighted by molar-refractivity contribution is -0.133. The minimum absolute atomic E-state index is 0.0520. The van der Waals surface area contributed by atoms with Crippen molar-refractivity contribution >= 4 is 28.7 Å². The number of unbranched alkanes of at least 4 members (excludes halogenated alkanes) is 2. The standard InChI is InChI=1S/C21H38N2O3S/c1-15(2)19(25)27-14-10-6-7-13-17(23-20(26)21(3,4)5)18(24)22-16-11-8-9-12-16/h15-17H,6-14H2,1-5H3,(H,22,24)(H,23,26)/t17-/m0/s1. The molecule has 0 spiro atoms. The highest BCUT2D eigenvalue weighted by atomic mass is 32.2. The second kappa shape index (κ2) is 11.7. The molecule has 2 N–H and O–H groups in total. The number of amides is 2. The summed E-state index contributed by atoms with van der Waals surface area (Å²) < 4.78 is 0. The highest BCUT2D eigenvalue weighted by molar-refractivity contribution is 8.13. The summed E-state index contributed by atoms with van der Waals surface area (Å²) in [6, 6.07) is -0.216. The summed E-state index contributed by atoms with van der Waals surface area (Å²) in [6.07, 6.45) is 7.81. The van der Waals surface area contributed by atoms with Crippen molar-refractivity contribution in [3.05, 3.63) is 0 Å². The van der Waals surface area contributed by atoms with E-state index in [0.717, 1.165) is 50.7 Å². The SMILES string of the molecule is CC(C)C(=O)SCCCCC[C@H](NC(=O)C(C)(C)C)C(=O)NC1CCCC1. The lowest BCUT2D eigenvalue weighted by Gasteiger charge is -2.25. The fraction of sp³-hybridized carbons (Fsp3) is 0.857. The van der Waals surface area contributed by atoms with Gasteiger partial charge in [-0.2, -0.15) is 0 Å². The molecule has 0 unspecified atom stereocenters. The van der Waals surface area contributed by atoms with E-state index in [4.69, 9.17) is 0 Å². The molecule has 0 aromatic heterocycles. The van der Waals surface area contributed by atoms with Crippen molar-refractivity contribution in [1.82, 2.24) is 10.6 Å². The smallest absolute Gasteiger partial charge is 0.242 e. The van der Waals surface area contributed by atoms with Crippen LogP contribution in [-0.4, -0.2) is 34.8 Å². The van der Waals surface area contributed by atoms with Crippen molar-refractivity contribution in [1.29, 1.82) is 0 Å².